The molecule has 18 heavy (non-hydrogen) atoms. The van der Waals surface area contributed by atoms with Gasteiger partial charge < -0.3 is 10.1 Å². The zero-order chi connectivity index (χ0) is 12.8. The predicted molar refractivity (Wildman–Crippen MR) is 73.6 cm³/mol. The van der Waals surface area contributed by atoms with Crippen molar-refractivity contribution in [1.29, 1.82) is 0 Å². The Balaban J connectivity index is 2.22. The number of nitrogens with one attached hydrogen (secondary N) is 1. The monoisotopic (exact) mass is 242 g/mol. The first-order chi connectivity index (χ1) is 8.83. The zero-order valence-electron chi connectivity index (χ0n) is 10.8. The minimum Gasteiger partial charge on any atom is -0.494 e. The fraction of sp³-hybridized carbons (Fsp3) is 0.267. The van der Waals surface area contributed by atoms with Crippen LogP contribution in [0.25, 0.3) is 11.1 Å². The van der Waals surface area contributed by atoms with Crippen molar-refractivity contribution in [2.75, 3.05) is 13.7 Å². The smallest absolute Gasteiger partial charge is 0.119 e. The van der Waals surface area contributed by atoms with E-state index in [1.807, 2.05) is 38.5 Å². The third-order valence-electron chi connectivity index (χ3n) is 2.67. The summed E-state index contributed by atoms with van der Waals surface area (Å²) in [5, 5.41) is 3.13. The van der Waals surface area contributed by atoms with Crippen molar-refractivity contribution in [1.82, 2.24) is 10.3 Å². The number of aromatic nitrogens is 1. The van der Waals surface area contributed by atoms with Crippen molar-refractivity contribution in [3.63, 3.8) is 0 Å². The Morgan fingerprint density at radius 2 is 1.89 bits per heavy atom. The van der Waals surface area contributed by atoms with E-state index in [-0.39, 0.29) is 0 Å². The lowest BCUT2D eigenvalue weighted by Gasteiger charge is -2.06. The molecule has 0 radical (unpaired) electrons. The number of pyridine rings is 1. The van der Waals surface area contributed by atoms with Gasteiger partial charge in [-0.15, -0.1) is 0 Å². The van der Waals surface area contributed by atoms with E-state index >= 15 is 0 Å². The molecule has 2 rings (SSSR count). The van der Waals surface area contributed by atoms with Crippen molar-refractivity contribution in [3.8, 4) is 16.9 Å². The van der Waals surface area contributed by atoms with Crippen molar-refractivity contribution in [2.24, 2.45) is 0 Å². The highest BCUT2D eigenvalue weighted by atomic mass is 16.5. The van der Waals surface area contributed by atoms with Gasteiger partial charge in [0, 0.05) is 24.5 Å². The van der Waals surface area contributed by atoms with Gasteiger partial charge in [0.25, 0.3) is 0 Å². The second-order valence-electron chi connectivity index (χ2n) is 4.07. The molecular weight excluding hydrogens is 224 g/mol. The van der Waals surface area contributed by atoms with Crippen LogP contribution in [0, 0.1) is 0 Å². The van der Waals surface area contributed by atoms with Crippen LogP contribution < -0.4 is 10.1 Å². The lowest BCUT2D eigenvalue weighted by molar-refractivity contribution is 0.340. The van der Waals surface area contributed by atoms with E-state index in [9.17, 15) is 0 Å². The standard InChI is InChI=1S/C15H18N2O/c1-3-18-15-6-4-13(5-7-15)14-8-12(9-16-2)10-17-11-14/h4-8,10-11,16H,3,9H2,1-2H3. The average molecular weight is 242 g/mol. The molecule has 0 aliphatic rings. The summed E-state index contributed by atoms with van der Waals surface area (Å²) in [6.07, 6.45) is 3.77. The Kier molecular flexibility index (Phi) is 4.31. The van der Waals surface area contributed by atoms with Gasteiger partial charge in [-0.05, 0) is 43.3 Å². The molecule has 3 nitrogen and oxygen atoms in total. The van der Waals surface area contributed by atoms with Gasteiger partial charge in [-0.1, -0.05) is 12.1 Å². The molecule has 0 aliphatic heterocycles. The first-order valence-electron chi connectivity index (χ1n) is 6.15. The van der Waals surface area contributed by atoms with E-state index in [2.05, 4.69) is 28.5 Å². The number of hydrogen-bond acceptors (Lipinski definition) is 3. The summed E-state index contributed by atoms with van der Waals surface area (Å²) in [6, 6.07) is 10.3. The van der Waals surface area contributed by atoms with Gasteiger partial charge in [0.2, 0.25) is 0 Å². The molecule has 0 fully saturated rings. The normalized spacial score (nSPS) is 10.3. The molecule has 2 aromatic rings. The Morgan fingerprint density at radius 3 is 2.56 bits per heavy atom. The van der Waals surface area contributed by atoms with E-state index < -0.39 is 0 Å². The molecule has 3 heteroatoms. The first kappa shape index (κ1) is 12.6. The van der Waals surface area contributed by atoms with Gasteiger partial charge in [0.1, 0.15) is 5.75 Å². The second-order valence-corrected chi connectivity index (χ2v) is 4.07. The van der Waals surface area contributed by atoms with Gasteiger partial charge in [0.15, 0.2) is 0 Å². The van der Waals surface area contributed by atoms with Gasteiger partial charge in [-0.2, -0.15) is 0 Å². The molecular formula is C15H18N2O. The third kappa shape index (κ3) is 3.08. The van der Waals surface area contributed by atoms with Crippen molar-refractivity contribution < 1.29 is 4.74 Å². The van der Waals surface area contributed by atoms with E-state index in [4.69, 9.17) is 4.74 Å². The Labute approximate surface area is 108 Å². The van der Waals surface area contributed by atoms with Crippen LogP contribution in [0.2, 0.25) is 0 Å². The van der Waals surface area contributed by atoms with Crippen LogP contribution in [-0.2, 0) is 6.54 Å². The second kappa shape index (κ2) is 6.17. The number of rotatable bonds is 5. The summed E-state index contributed by atoms with van der Waals surface area (Å²) in [5.74, 6) is 0.903. The molecule has 1 N–H and O–H groups in total. The van der Waals surface area contributed by atoms with Crippen molar-refractivity contribution in [3.05, 3.63) is 48.3 Å². The largest absolute Gasteiger partial charge is 0.494 e. The zero-order valence-corrected chi connectivity index (χ0v) is 10.8. The minimum atomic E-state index is 0.693. The van der Waals surface area contributed by atoms with E-state index in [0.717, 1.165) is 23.4 Å². The third-order valence-corrected chi connectivity index (χ3v) is 2.67. The number of hydrogen-bond donors (Lipinski definition) is 1. The molecule has 94 valence electrons. The highest BCUT2D eigenvalue weighted by Crippen LogP contribution is 2.22. The van der Waals surface area contributed by atoms with Crippen molar-refractivity contribution in [2.45, 2.75) is 13.5 Å². The maximum absolute atomic E-state index is 5.43. The van der Waals surface area contributed by atoms with Crippen LogP contribution in [0.15, 0.2) is 42.7 Å². The predicted octanol–water partition coefficient (Wildman–Crippen LogP) is 2.87. The molecule has 0 atom stereocenters. The maximum Gasteiger partial charge on any atom is 0.119 e. The lowest BCUT2D eigenvalue weighted by atomic mass is 10.1. The summed E-state index contributed by atoms with van der Waals surface area (Å²) in [4.78, 5) is 4.27. The SMILES string of the molecule is CCOc1ccc(-c2cncc(CNC)c2)cc1. The highest BCUT2D eigenvalue weighted by Gasteiger charge is 2.00. The van der Waals surface area contributed by atoms with E-state index in [0.29, 0.717) is 6.61 Å². The Morgan fingerprint density at radius 1 is 1.11 bits per heavy atom. The molecule has 0 amide bonds. The van der Waals surface area contributed by atoms with Crippen LogP contribution in [0.1, 0.15) is 12.5 Å². The average Bonchev–Trinajstić information content (AvgIpc) is 2.41. The van der Waals surface area contributed by atoms with Gasteiger partial charge >= 0.3 is 0 Å². The maximum atomic E-state index is 5.43. The summed E-state index contributed by atoms with van der Waals surface area (Å²) in [6.45, 7) is 3.51. The molecule has 0 spiro atoms. The van der Waals surface area contributed by atoms with E-state index in [1.165, 1.54) is 5.56 Å². The molecule has 1 aromatic carbocycles. The number of nitrogens with zero attached hydrogens (tertiary/aromatic N) is 1. The highest BCUT2D eigenvalue weighted by molar-refractivity contribution is 5.63. The van der Waals surface area contributed by atoms with Gasteiger partial charge in [-0.3, -0.25) is 4.98 Å². The molecule has 1 heterocycles. The quantitative estimate of drug-likeness (QED) is 0.875. The van der Waals surface area contributed by atoms with Crippen LogP contribution in [-0.4, -0.2) is 18.6 Å². The van der Waals surface area contributed by atoms with Crippen LogP contribution in [0.3, 0.4) is 0 Å². The van der Waals surface area contributed by atoms with E-state index in [1.54, 1.807) is 0 Å². The van der Waals surface area contributed by atoms with Gasteiger partial charge in [0.05, 0.1) is 6.61 Å². The van der Waals surface area contributed by atoms with Crippen molar-refractivity contribution >= 4 is 0 Å². The van der Waals surface area contributed by atoms with Crippen LogP contribution in [0.4, 0.5) is 0 Å². The number of ether oxygens (including phenoxy) is 1. The lowest BCUT2D eigenvalue weighted by Crippen LogP contribution is -2.05. The molecule has 0 aliphatic carbocycles. The fourth-order valence-electron chi connectivity index (χ4n) is 1.86. The van der Waals surface area contributed by atoms with Crippen LogP contribution in [0.5, 0.6) is 5.75 Å². The molecule has 0 saturated heterocycles. The number of benzene rings is 1. The van der Waals surface area contributed by atoms with Gasteiger partial charge in [-0.25, -0.2) is 0 Å². The summed E-state index contributed by atoms with van der Waals surface area (Å²) < 4.78 is 5.43. The Bertz CT molecular complexity index is 494. The van der Waals surface area contributed by atoms with Crippen LogP contribution >= 0.6 is 0 Å². The molecule has 0 bridgehead atoms. The minimum absolute atomic E-state index is 0.693. The summed E-state index contributed by atoms with van der Waals surface area (Å²) >= 11 is 0. The molecule has 0 saturated carbocycles. The summed E-state index contributed by atoms with van der Waals surface area (Å²) in [5.41, 5.74) is 3.47. The molecule has 1 aromatic heterocycles. The topological polar surface area (TPSA) is 34.1 Å². The Hall–Kier alpha value is -1.87. The molecule has 0 unspecified atom stereocenters. The fourth-order valence-corrected chi connectivity index (χ4v) is 1.86. The first-order valence-corrected chi connectivity index (χ1v) is 6.15. The summed E-state index contributed by atoms with van der Waals surface area (Å²) in [7, 11) is 1.93.